The Morgan fingerprint density at radius 2 is 2.20 bits per heavy atom. The van der Waals surface area contributed by atoms with E-state index in [2.05, 4.69) is 4.98 Å². The van der Waals surface area contributed by atoms with Crippen LogP contribution < -0.4 is 10.5 Å². The molecule has 0 aliphatic heterocycles. The number of para-hydroxylation sites is 1. The van der Waals surface area contributed by atoms with Crippen LogP contribution >= 0.6 is 11.3 Å². The van der Waals surface area contributed by atoms with Crippen LogP contribution in [0.15, 0.2) is 24.4 Å². The summed E-state index contributed by atoms with van der Waals surface area (Å²) in [5.41, 5.74) is 7.76. The maximum atomic E-state index is 5.66. The van der Waals surface area contributed by atoms with Gasteiger partial charge in [-0.3, -0.25) is 0 Å². The maximum Gasteiger partial charge on any atom is 0.132 e. The van der Waals surface area contributed by atoms with Crippen LogP contribution in [0.25, 0.3) is 10.6 Å². The molecule has 0 aliphatic carbocycles. The van der Waals surface area contributed by atoms with Crippen molar-refractivity contribution >= 4 is 16.3 Å². The number of nitrogen functional groups attached to an aromatic ring is 1. The zero-order valence-corrected chi connectivity index (χ0v) is 9.47. The first-order valence-electron chi connectivity index (χ1n) is 4.57. The van der Waals surface area contributed by atoms with Crippen LogP contribution in [0.5, 0.6) is 5.75 Å². The minimum absolute atomic E-state index is 0.716. The van der Waals surface area contributed by atoms with Crippen LogP contribution in [0.1, 0.15) is 5.56 Å². The Hall–Kier alpha value is -1.55. The van der Waals surface area contributed by atoms with Crippen molar-refractivity contribution in [3.8, 4) is 16.3 Å². The quantitative estimate of drug-likeness (QED) is 0.846. The molecule has 0 radical (unpaired) electrons. The van der Waals surface area contributed by atoms with E-state index in [1.165, 1.54) is 11.3 Å². The van der Waals surface area contributed by atoms with E-state index >= 15 is 0 Å². The first-order chi connectivity index (χ1) is 7.22. The summed E-state index contributed by atoms with van der Waals surface area (Å²) in [4.78, 5) is 4.25. The third-order valence-corrected chi connectivity index (χ3v) is 3.03. The second-order valence-electron chi connectivity index (χ2n) is 3.22. The molecule has 0 saturated heterocycles. The number of thiazole rings is 1. The third-order valence-electron chi connectivity index (χ3n) is 2.17. The van der Waals surface area contributed by atoms with Gasteiger partial charge in [-0.05, 0) is 18.6 Å². The highest BCUT2D eigenvalue weighted by atomic mass is 32.1. The van der Waals surface area contributed by atoms with E-state index in [-0.39, 0.29) is 0 Å². The molecule has 1 heterocycles. The Kier molecular flexibility index (Phi) is 2.60. The van der Waals surface area contributed by atoms with Crippen molar-refractivity contribution in [2.75, 3.05) is 12.8 Å². The third kappa shape index (κ3) is 1.80. The first-order valence-corrected chi connectivity index (χ1v) is 5.39. The molecule has 0 atom stereocenters. The van der Waals surface area contributed by atoms with Gasteiger partial charge in [-0.1, -0.05) is 23.5 Å². The van der Waals surface area contributed by atoms with E-state index < -0.39 is 0 Å². The van der Waals surface area contributed by atoms with Gasteiger partial charge >= 0.3 is 0 Å². The van der Waals surface area contributed by atoms with Crippen molar-refractivity contribution in [2.24, 2.45) is 0 Å². The molecule has 0 fully saturated rings. The highest BCUT2D eigenvalue weighted by molar-refractivity contribution is 7.18. The fourth-order valence-corrected chi connectivity index (χ4v) is 2.21. The van der Waals surface area contributed by atoms with E-state index in [0.29, 0.717) is 5.00 Å². The monoisotopic (exact) mass is 220 g/mol. The van der Waals surface area contributed by atoms with Gasteiger partial charge in [-0.15, -0.1) is 0 Å². The molecule has 15 heavy (non-hydrogen) atoms. The van der Waals surface area contributed by atoms with E-state index in [9.17, 15) is 0 Å². The summed E-state index contributed by atoms with van der Waals surface area (Å²) in [7, 11) is 1.67. The summed E-state index contributed by atoms with van der Waals surface area (Å²) in [6.07, 6.45) is 1.67. The van der Waals surface area contributed by atoms with Crippen molar-refractivity contribution in [1.29, 1.82) is 0 Å². The fourth-order valence-electron chi connectivity index (χ4n) is 1.50. The Bertz CT molecular complexity index is 479. The molecule has 0 unspecified atom stereocenters. The lowest BCUT2D eigenvalue weighted by Crippen LogP contribution is -1.90. The molecule has 0 aliphatic rings. The number of hydrogen-bond donors (Lipinski definition) is 1. The average molecular weight is 220 g/mol. The second kappa shape index (κ2) is 3.90. The molecule has 0 amide bonds. The lowest BCUT2D eigenvalue weighted by Gasteiger charge is -2.08. The Morgan fingerprint density at radius 3 is 2.80 bits per heavy atom. The number of aryl methyl sites for hydroxylation is 1. The summed E-state index contributed by atoms with van der Waals surface area (Å²) < 4.78 is 5.37. The van der Waals surface area contributed by atoms with Gasteiger partial charge in [-0.25, -0.2) is 4.98 Å². The Labute approximate surface area is 92.5 Å². The number of ether oxygens (including phenoxy) is 1. The molecule has 2 aromatic rings. The molecule has 78 valence electrons. The van der Waals surface area contributed by atoms with E-state index in [1.54, 1.807) is 13.3 Å². The molecule has 0 bridgehead atoms. The molecule has 2 N–H and O–H groups in total. The standard InChI is InChI=1S/C11H12N2OS/c1-7-4-3-5-8(10(7)14-2)11-13-6-9(12)15-11/h3-6H,12H2,1-2H3. The smallest absolute Gasteiger partial charge is 0.132 e. The molecule has 2 rings (SSSR count). The van der Waals surface area contributed by atoms with Crippen LogP contribution in [0.2, 0.25) is 0 Å². The van der Waals surface area contributed by atoms with Crippen LogP contribution in [0, 0.1) is 6.92 Å². The average Bonchev–Trinajstić information content (AvgIpc) is 2.64. The van der Waals surface area contributed by atoms with Crippen molar-refractivity contribution in [2.45, 2.75) is 6.92 Å². The lowest BCUT2D eigenvalue weighted by atomic mass is 10.1. The number of nitrogens with two attached hydrogens (primary N) is 1. The number of rotatable bonds is 2. The molecular formula is C11H12N2OS. The highest BCUT2D eigenvalue weighted by Gasteiger charge is 2.10. The fraction of sp³-hybridized carbons (Fsp3) is 0.182. The van der Waals surface area contributed by atoms with Gasteiger partial charge in [-0.2, -0.15) is 0 Å². The predicted octanol–water partition coefficient (Wildman–Crippen LogP) is 2.71. The van der Waals surface area contributed by atoms with Crippen molar-refractivity contribution < 1.29 is 4.74 Å². The summed E-state index contributed by atoms with van der Waals surface area (Å²) in [6.45, 7) is 2.01. The minimum atomic E-state index is 0.716. The van der Waals surface area contributed by atoms with Crippen molar-refractivity contribution in [3.63, 3.8) is 0 Å². The first kappa shape index (κ1) is 9.98. The van der Waals surface area contributed by atoms with Crippen LogP contribution in [-0.4, -0.2) is 12.1 Å². The zero-order valence-electron chi connectivity index (χ0n) is 8.65. The molecule has 1 aromatic carbocycles. The van der Waals surface area contributed by atoms with Crippen molar-refractivity contribution in [3.05, 3.63) is 30.0 Å². The molecule has 4 heteroatoms. The van der Waals surface area contributed by atoms with Crippen LogP contribution in [0.4, 0.5) is 5.00 Å². The topological polar surface area (TPSA) is 48.1 Å². The summed E-state index contributed by atoms with van der Waals surface area (Å²) in [5.74, 6) is 0.867. The summed E-state index contributed by atoms with van der Waals surface area (Å²) >= 11 is 1.47. The Morgan fingerprint density at radius 1 is 1.40 bits per heavy atom. The second-order valence-corrected chi connectivity index (χ2v) is 4.29. The zero-order chi connectivity index (χ0) is 10.8. The number of methoxy groups -OCH3 is 1. The summed E-state index contributed by atoms with van der Waals surface area (Å²) in [5, 5.41) is 1.61. The van der Waals surface area contributed by atoms with E-state index in [0.717, 1.165) is 21.9 Å². The predicted molar refractivity (Wildman–Crippen MR) is 63.3 cm³/mol. The SMILES string of the molecule is COc1c(C)cccc1-c1ncc(N)s1. The van der Waals surface area contributed by atoms with Gasteiger partial charge in [0.05, 0.1) is 18.9 Å². The summed E-state index contributed by atoms with van der Waals surface area (Å²) in [6, 6.07) is 5.99. The van der Waals surface area contributed by atoms with Gasteiger partial charge in [0.15, 0.2) is 0 Å². The number of hydrogen-bond acceptors (Lipinski definition) is 4. The number of anilines is 1. The molecule has 0 spiro atoms. The van der Waals surface area contributed by atoms with Gasteiger partial charge in [0.1, 0.15) is 15.8 Å². The minimum Gasteiger partial charge on any atom is -0.496 e. The van der Waals surface area contributed by atoms with Gasteiger partial charge < -0.3 is 10.5 Å². The number of benzene rings is 1. The number of nitrogens with zero attached hydrogens (tertiary/aromatic N) is 1. The van der Waals surface area contributed by atoms with Gasteiger partial charge in [0, 0.05) is 0 Å². The highest BCUT2D eigenvalue weighted by Crippen LogP contribution is 2.35. The lowest BCUT2D eigenvalue weighted by molar-refractivity contribution is 0.413. The van der Waals surface area contributed by atoms with Crippen molar-refractivity contribution in [1.82, 2.24) is 4.98 Å². The van der Waals surface area contributed by atoms with Crippen LogP contribution in [-0.2, 0) is 0 Å². The van der Waals surface area contributed by atoms with E-state index in [1.807, 2.05) is 25.1 Å². The normalized spacial score (nSPS) is 10.3. The molecule has 3 nitrogen and oxygen atoms in total. The maximum absolute atomic E-state index is 5.66. The number of aromatic nitrogens is 1. The van der Waals surface area contributed by atoms with Gasteiger partial charge in [0.2, 0.25) is 0 Å². The molecular weight excluding hydrogens is 208 g/mol. The molecule has 1 aromatic heterocycles. The Balaban J connectivity index is 2.57. The largest absolute Gasteiger partial charge is 0.496 e. The molecule has 0 saturated carbocycles. The van der Waals surface area contributed by atoms with E-state index in [4.69, 9.17) is 10.5 Å². The van der Waals surface area contributed by atoms with Gasteiger partial charge in [0.25, 0.3) is 0 Å². The van der Waals surface area contributed by atoms with Crippen LogP contribution in [0.3, 0.4) is 0 Å².